The second-order valence-corrected chi connectivity index (χ2v) is 6.49. The monoisotopic (exact) mass is 347 g/mol. The van der Waals surface area contributed by atoms with Crippen LogP contribution >= 0.6 is 0 Å². The summed E-state index contributed by atoms with van der Waals surface area (Å²) in [6.45, 7) is 2.15. The number of methoxy groups -OCH3 is 1. The molecule has 1 aromatic carbocycles. The van der Waals surface area contributed by atoms with Crippen molar-refractivity contribution in [2.24, 2.45) is 0 Å². The Morgan fingerprint density at radius 3 is 2.44 bits per heavy atom. The van der Waals surface area contributed by atoms with Gasteiger partial charge in [-0.3, -0.25) is 14.5 Å². The van der Waals surface area contributed by atoms with Crippen LogP contribution in [0.3, 0.4) is 0 Å². The van der Waals surface area contributed by atoms with Crippen LogP contribution in [0.15, 0.2) is 24.3 Å². The van der Waals surface area contributed by atoms with Crippen LogP contribution in [0.2, 0.25) is 0 Å². The van der Waals surface area contributed by atoms with Crippen molar-refractivity contribution in [3.05, 3.63) is 29.8 Å². The van der Waals surface area contributed by atoms with Crippen molar-refractivity contribution < 1.29 is 14.3 Å². The molecule has 0 spiro atoms. The number of amides is 2. The number of piperidine rings is 1. The molecule has 2 N–H and O–H groups in total. The number of likely N-dealkylation sites (N-methyl/N-ethyl adjacent to an activating group) is 1. The number of carbonyl (C=O) groups is 2. The fourth-order valence-electron chi connectivity index (χ4n) is 3.06. The second-order valence-electron chi connectivity index (χ2n) is 6.49. The van der Waals surface area contributed by atoms with Gasteiger partial charge in [0, 0.05) is 32.6 Å². The SMILES string of the molecule is CNC(=O)CN1CCC(NC(=O)CCCc2ccc(OC)cc2)CC1. The summed E-state index contributed by atoms with van der Waals surface area (Å²) in [5.74, 6) is 1.02. The van der Waals surface area contributed by atoms with Crippen molar-refractivity contribution in [1.29, 1.82) is 0 Å². The molecule has 0 saturated carbocycles. The third kappa shape index (κ3) is 6.74. The van der Waals surface area contributed by atoms with E-state index >= 15 is 0 Å². The zero-order chi connectivity index (χ0) is 18.1. The van der Waals surface area contributed by atoms with Crippen LogP contribution in [-0.4, -0.2) is 56.5 Å². The van der Waals surface area contributed by atoms with Crippen molar-refractivity contribution in [2.75, 3.05) is 33.8 Å². The predicted octanol–water partition coefficient (Wildman–Crippen LogP) is 1.34. The maximum absolute atomic E-state index is 12.1. The van der Waals surface area contributed by atoms with Gasteiger partial charge in [0.25, 0.3) is 0 Å². The molecule has 0 aliphatic carbocycles. The standard InChI is InChI=1S/C19H29N3O3/c1-20-19(24)14-22-12-10-16(11-13-22)21-18(23)5-3-4-15-6-8-17(25-2)9-7-15/h6-9,16H,3-5,10-14H2,1-2H3,(H,20,24)(H,21,23). The predicted molar refractivity (Wildman–Crippen MR) is 97.6 cm³/mol. The van der Waals surface area contributed by atoms with E-state index in [2.05, 4.69) is 15.5 Å². The molecule has 1 aliphatic rings. The topological polar surface area (TPSA) is 70.7 Å². The fourth-order valence-corrected chi connectivity index (χ4v) is 3.06. The van der Waals surface area contributed by atoms with Crippen LogP contribution in [0.4, 0.5) is 0 Å². The first-order valence-corrected chi connectivity index (χ1v) is 8.96. The smallest absolute Gasteiger partial charge is 0.233 e. The first kappa shape index (κ1) is 19.2. The van der Waals surface area contributed by atoms with Crippen molar-refractivity contribution in [3.63, 3.8) is 0 Å². The number of hydrogen-bond donors (Lipinski definition) is 2. The zero-order valence-corrected chi connectivity index (χ0v) is 15.2. The lowest BCUT2D eigenvalue weighted by molar-refractivity contribution is -0.124. The maximum Gasteiger partial charge on any atom is 0.233 e. The van der Waals surface area contributed by atoms with E-state index in [0.717, 1.165) is 44.5 Å². The molecule has 25 heavy (non-hydrogen) atoms. The number of nitrogens with zero attached hydrogens (tertiary/aromatic N) is 1. The first-order chi connectivity index (χ1) is 12.1. The Labute approximate surface area is 149 Å². The summed E-state index contributed by atoms with van der Waals surface area (Å²) < 4.78 is 5.14. The van der Waals surface area contributed by atoms with E-state index in [0.29, 0.717) is 13.0 Å². The zero-order valence-electron chi connectivity index (χ0n) is 15.2. The molecular weight excluding hydrogens is 318 g/mol. The lowest BCUT2D eigenvalue weighted by atomic mass is 10.0. The molecule has 6 heteroatoms. The van der Waals surface area contributed by atoms with E-state index in [1.54, 1.807) is 14.2 Å². The minimum absolute atomic E-state index is 0.0426. The summed E-state index contributed by atoms with van der Waals surface area (Å²) >= 11 is 0. The number of carbonyl (C=O) groups excluding carboxylic acids is 2. The van der Waals surface area contributed by atoms with Crippen LogP contribution in [0.25, 0.3) is 0 Å². The van der Waals surface area contributed by atoms with Gasteiger partial charge in [-0.15, -0.1) is 0 Å². The Kier molecular flexibility index (Phi) is 7.73. The molecule has 0 aromatic heterocycles. The van der Waals surface area contributed by atoms with Crippen molar-refractivity contribution in [3.8, 4) is 5.75 Å². The molecule has 0 bridgehead atoms. The molecule has 1 aliphatic heterocycles. The van der Waals surface area contributed by atoms with Crippen LogP contribution in [0.5, 0.6) is 5.75 Å². The number of hydrogen-bond acceptors (Lipinski definition) is 4. The Morgan fingerprint density at radius 1 is 1.16 bits per heavy atom. The van der Waals surface area contributed by atoms with Crippen molar-refractivity contribution in [1.82, 2.24) is 15.5 Å². The molecule has 1 fully saturated rings. The summed E-state index contributed by atoms with van der Waals surface area (Å²) in [5, 5.41) is 5.77. The highest BCUT2D eigenvalue weighted by atomic mass is 16.5. The lowest BCUT2D eigenvalue weighted by Crippen LogP contribution is -2.47. The second kappa shape index (κ2) is 10.0. The van der Waals surface area contributed by atoms with Gasteiger partial charge in [0.05, 0.1) is 13.7 Å². The Morgan fingerprint density at radius 2 is 1.84 bits per heavy atom. The third-order valence-corrected chi connectivity index (χ3v) is 4.63. The third-order valence-electron chi connectivity index (χ3n) is 4.63. The van der Waals surface area contributed by atoms with Gasteiger partial charge in [-0.25, -0.2) is 0 Å². The number of benzene rings is 1. The first-order valence-electron chi connectivity index (χ1n) is 8.96. The van der Waals surface area contributed by atoms with Gasteiger partial charge < -0.3 is 15.4 Å². The molecule has 6 nitrogen and oxygen atoms in total. The van der Waals surface area contributed by atoms with Crippen LogP contribution in [-0.2, 0) is 16.0 Å². The van der Waals surface area contributed by atoms with Gasteiger partial charge >= 0.3 is 0 Å². The van der Waals surface area contributed by atoms with Crippen LogP contribution in [0.1, 0.15) is 31.2 Å². The summed E-state index contributed by atoms with van der Waals surface area (Å²) in [5.41, 5.74) is 1.22. The fraction of sp³-hybridized carbons (Fsp3) is 0.579. The Bertz CT molecular complexity index is 552. The molecule has 0 atom stereocenters. The average molecular weight is 347 g/mol. The average Bonchev–Trinajstić information content (AvgIpc) is 2.64. The number of likely N-dealkylation sites (tertiary alicyclic amines) is 1. The van der Waals surface area contributed by atoms with E-state index in [1.807, 2.05) is 24.3 Å². The van der Waals surface area contributed by atoms with Gasteiger partial charge in [0.1, 0.15) is 5.75 Å². The summed E-state index contributed by atoms with van der Waals surface area (Å²) in [4.78, 5) is 25.6. The number of ether oxygens (including phenoxy) is 1. The minimum atomic E-state index is 0.0426. The van der Waals surface area contributed by atoms with Crippen molar-refractivity contribution >= 4 is 11.8 Å². The Hall–Kier alpha value is -2.08. The molecule has 0 unspecified atom stereocenters. The van der Waals surface area contributed by atoms with E-state index in [-0.39, 0.29) is 17.9 Å². The molecule has 138 valence electrons. The number of rotatable bonds is 8. The van der Waals surface area contributed by atoms with E-state index in [4.69, 9.17) is 4.74 Å². The highest BCUT2D eigenvalue weighted by Crippen LogP contribution is 2.14. The molecule has 1 aromatic rings. The molecule has 2 amide bonds. The van der Waals surface area contributed by atoms with Crippen LogP contribution < -0.4 is 15.4 Å². The van der Waals surface area contributed by atoms with Crippen LogP contribution in [0, 0.1) is 0 Å². The maximum atomic E-state index is 12.1. The van der Waals surface area contributed by atoms with Gasteiger partial charge in [-0.1, -0.05) is 12.1 Å². The van der Waals surface area contributed by atoms with Gasteiger partial charge in [0.15, 0.2) is 0 Å². The van der Waals surface area contributed by atoms with Gasteiger partial charge in [-0.05, 0) is 43.4 Å². The van der Waals surface area contributed by atoms with E-state index < -0.39 is 0 Å². The van der Waals surface area contributed by atoms with Gasteiger partial charge in [-0.2, -0.15) is 0 Å². The molecule has 2 rings (SSSR count). The highest BCUT2D eigenvalue weighted by Gasteiger charge is 2.21. The van der Waals surface area contributed by atoms with Crippen molar-refractivity contribution in [2.45, 2.75) is 38.1 Å². The molecule has 1 heterocycles. The summed E-state index contributed by atoms with van der Waals surface area (Å²) in [7, 11) is 3.31. The normalized spacial score (nSPS) is 15.6. The lowest BCUT2D eigenvalue weighted by Gasteiger charge is -2.31. The Balaban J connectivity index is 1.61. The molecular formula is C19H29N3O3. The molecule has 1 saturated heterocycles. The number of aryl methyl sites for hydroxylation is 1. The summed E-state index contributed by atoms with van der Waals surface area (Å²) in [6, 6.07) is 8.20. The van der Waals surface area contributed by atoms with E-state index in [9.17, 15) is 9.59 Å². The summed E-state index contributed by atoms with van der Waals surface area (Å²) in [6.07, 6.45) is 4.09. The quantitative estimate of drug-likeness (QED) is 0.745. The molecule has 0 radical (unpaired) electrons. The largest absolute Gasteiger partial charge is 0.497 e. The van der Waals surface area contributed by atoms with Gasteiger partial charge in [0.2, 0.25) is 11.8 Å². The van der Waals surface area contributed by atoms with E-state index in [1.165, 1.54) is 5.56 Å². The minimum Gasteiger partial charge on any atom is -0.497 e. The number of nitrogens with one attached hydrogen (secondary N) is 2. The highest BCUT2D eigenvalue weighted by molar-refractivity contribution is 5.77.